The Morgan fingerprint density at radius 1 is 1.36 bits per heavy atom. The molecule has 2 rings (SSSR count). The van der Waals surface area contributed by atoms with E-state index in [2.05, 4.69) is 17.0 Å². The average Bonchev–Trinajstić information content (AvgIpc) is 3.10. The van der Waals surface area contributed by atoms with Crippen LogP contribution in [0.3, 0.4) is 0 Å². The highest BCUT2D eigenvalue weighted by molar-refractivity contribution is 5.85. The number of nitrogens with zero attached hydrogens (tertiary/aromatic N) is 2. The van der Waals surface area contributed by atoms with Crippen molar-refractivity contribution in [2.24, 2.45) is 0 Å². The Morgan fingerprint density at radius 3 is 2.92 bits per heavy atom. The molecular weight excluding hydrogens is 322 g/mol. The molecule has 1 aromatic heterocycles. The second-order valence-electron chi connectivity index (χ2n) is 5.36. The highest BCUT2D eigenvalue weighted by Crippen LogP contribution is 2.11. The van der Waals surface area contributed by atoms with Crippen LogP contribution in [0.4, 0.5) is 0 Å². The molecule has 1 heterocycles. The molecule has 132 valence electrons. The summed E-state index contributed by atoms with van der Waals surface area (Å²) in [5.74, 6) is -1.11. The molecule has 25 heavy (non-hydrogen) atoms. The summed E-state index contributed by atoms with van der Waals surface area (Å²) in [5.41, 5.74) is 1.62. The summed E-state index contributed by atoms with van der Waals surface area (Å²) in [6, 6.07) is 8.83. The first-order valence-electron chi connectivity index (χ1n) is 7.94. The van der Waals surface area contributed by atoms with Gasteiger partial charge in [0, 0.05) is 25.8 Å². The summed E-state index contributed by atoms with van der Waals surface area (Å²) in [6.07, 6.45) is 4.32. The molecule has 7 nitrogen and oxygen atoms in total. The van der Waals surface area contributed by atoms with Crippen molar-refractivity contribution in [1.82, 2.24) is 15.1 Å². The lowest BCUT2D eigenvalue weighted by molar-refractivity contribution is -0.121. The molecule has 7 heteroatoms. The first-order chi connectivity index (χ1) is 12.1. The first-order valence-corrected chi connectivity index (χ1v) is 7.94. The Labute approximate surface area is 145 Å². The van der Waals surface area contributed by atoms with Gasteiger partial charge in [-0.25, -0.2) is 9.48 Å². The Morgan fingerprint density at radius 2 is 2.20 bits per heavy atom. The normalized spacial score (nSPS) is 10.4. The smallest absolute Gasteiger partial charge is 0.356 e. The zero-order chi connectivity index (χ0) is 18.1. The Bertz CT molecular complexity index is 739. The number of hydrogen-bond donors (Lipinski definition) is 2. The highest BCUT2D eigenvalue weighted by atomic mass is 16.5. The fourth-order valence-electron chi connectivity index (χ4n) is 2.18. The largest absolute Gasteiger partial charge is 0.476 e. The molecular formula is C18H21N3O4. The van der Waals surface area contributed by atoms with Crippen LogP contribution >= 0.6 is 0 Å². The van der Waals surface area contributed by atoms with E-state index in [0.717, 1.165) is 11.3 Å². The van der Waals surface area contributed by atoms with Crippen molar-refractivity contribution in [3.05, 3.63) is 60.4 Å². The van der Waals surface area contributed by atoms with E-state index in [1.165, 1.54) is 10.7 Å². The number of carbonyl (C=O) groups is 2. The van der Waals surface area contributed by atoms with Crippen molar-refractivity contribution in [3.8, 4) is 5.69 Å². The molecule has 0 saturated carbocycles. The van der Waals surface area contributed by atoms with E-state index in [1.54, 1.807) is 12.3 Å². The predicted octanol–water partition coefficient (Wildman–Crippen LogP) is 2.17. The topological polar surface area (TPSA) is 93.5 Å². The minimum absolute atomic E-state index is 0.0163. The van der Waals surface area contributed by atoms with Gasteiger partial charge in [0.1, 0.15) is 0 Å². The maximum absolute atomic E-state index is 11.8. The molecule has 0 aliphatic rings. The van der Waals surface area contributed by atoms with E-state index in [-0.39, 0.29) is 11.6 Å². The van der Waals surface area contributed by atoms with Crippen LogP contribution in [0.2, 0.25) is 0 Å². The van der Waals surface area contributed by atoms with Crippen LogP contribution in [0, 0.1) is 0 Å². The van der Waals surface area contributed by atoms with Crippen molar-refractivity contribution in [2.75, 3.05) is 13.2 Å². The van der Waals surface area contributed by atoms with E-state index in [9.17, 15) is 9.59 Å². The standard InChI is InChI=1S/C18H21N3O4/c1-2-10-25-11-4-7-17(22)19-13-14-5-3-6-15(12-14)21-9-8-16(20-21)18(23)24/h2-3,5-6,8-9,12H,1,4,7,10-11,13H2,(H,19,22)(H,23,24). The Balaban J connectivity index is 1.85. The van der Waals surface area contributed by atoms with Gasteiger partial charge in [-0.3, -0.25) is 4.79 Å². The average molecular weight is 343 g/mol. The summed E-state index contributed by atoms with van der Waals surface area (Å²) in [5, 5.41) is 15.8. The number of carboxylic acid groups (broad SMARTS) is 1. The fourth-order valence-corrected chi connectivity index (χ4v) is 2.18. The van der Waals surface area contributed by atoms with Crippen molar-refractivity contribution in [2.45, 2.75) is 19.4 Å². The molecule has 1 aromatic carbocycles. The van der Waals surface area contributed by atoms with Gasteiger partial charge in [0.2, 0.25) is 5.91 Å². The number of aromatic nitrogens is 2. The van der Waals surface area contributed by atoms with Crippen LogP contribution in [0.25, 0.3) is 5.69 Å². The van der Waals surface area contributed by atoms with E-state index in [4.69, 9.17) is 9.84 Å². The van der Waals surface area contributed by atoms with Crippen molar-refractivity contribution < 1.29 is 19.4 Å². The molecule has 0 radical (unpaired) electrons. The molecule has 0 spiro atoms. The zero-order valence-electron chi connectivity index (χ0n) is 13.9. The fraction of sp³-hybridized carbons (Fsp3) is 0.278. The molecule has 0 unspecified atom stereocenters. The summed E-state index contributed by atoms with van der Waals surface area (Å²) >= 11 is 0. The van der Waals surface area contributed by atoms with Crippen LogP contribution in [0.15, 0.2) is 49.2 Å². The van der Waals surface area contributed by atoms with Crippen LogP contribution in [-0.2, 0) is 16.1 Å². The summed E-state index contributed by atoms with van der Waals surface area (Å²) < 4.78 is 6.72. The Kier molecular flexibility index (Phi) is 6.91. The Hall–Kier alpha value is -2.93. The van der Waals surface area contributed by atoms with Gasteiger partial charge in [0.15, 0.2) is 5.69 Å². The summed E-state index contributed by atoms with van der Waals surface area (Å²) in [6.45, 7) is 4.97. The SMILES string of the molecule is C=CCOCCCC(=O)NCc1cccc(-n2ccc(C(=O)O)n2)c1. The number of carboxylic acids is 1. The van der Waals surface area contributed by atoms with E-state index in [1.807, 2.05) is 24.3 Å². The van der Waals surface area contributed by atoms with Gasteiger partial charge in [-0.05, 0) is 30.2 Å². The number of hydrogen-bond acceptors (Lipinski definition) is 4. The van der Waals surface area contributed by atoms with Crippen LogP contribution in [0.5, 0.6) is 0 Å². The first kappa shape index (κ1) is 18.4. The molecule has 0 saturated heterocycles. The zero-order valence-corrected chi connectivity index (χ0v) is 13.9. The van der Waals surface area contributed by atoms with Gasteiger partial charge in [0.05, 0.1) is 12.3 Å². The summed E-state index contributed by atoms with van der Waals surface area (Å²) in [4.78, 5) is 22.7. The van der Waals surface area contributed by atoms with Crippen LogP contribution < -0.4 is 5.32 Å². The molecule has 0 aliphatic carbocycles. The van der Waals surface area contributed by atoms with Gasteiger partial charge in [-0.1, -0.05) is 18.2 Å². The van der Waals surface area contributed by atoms with E-state index in [0.29, 0.717) is 32.6 Å². The van der Waals surface area contributed by atoms with Crippen molar-refractivity contribution in [3.63, 3.8) is 0 Å². The molecule has 0 fully saturated rings. The van der Waals surface area contributed by atoms with E-state index >= 15 is 0 Å². The number of rotatable bonds is 10. The number of aromatic carboxylic acids is 1. The van der Waals surface area contributed by atoms with Gasteiger partial charge in [-0.2, -0.15) is 5.10 Å². The monoisotopic (exact) mass is 343 g/mol. The lowest BCUT2D eigenvalue weighted by Gasteiger charge is -2.08. The molecule has 1 amide bonds. The van der Waals surface area contributed by atoms with Gasteiger partial charge in [-0.15, -0.1) is 6.58 Å². The van der Waals surface area contributed by atoms with Gasteiger partial charge >= 0.3 is 5.97 Å². The second kappa shape index (κ2) is 9.39. The molecule has 2 N–H and O–H groups in total. The third-order valence-electron chi connectivity index (χ3n) is 3.40. The third-order valence-corrected chi connectivity index (χ3v) is 3.40. The number of nitrogens with one attached hydrogen (secondary N) is 1. The minimum atomic E-state index is -1.07. The quantitative estimate of drug-likeness (QED) is 0.509. The lowest BCUT2D eigenvalue weighted by Crippen LogP contribution is -2.22. The third kappa shape index (κ3) is 5.89. The van der Waals surface area contributed by atoms with Crippen LogP contribution in [0.1, 0.15) is 28.9 Å². The minimum Gasteiger partial charge on any atom is -0.476 e. The van der Waals surface area contributed by atoms with Gasteiger partial charge < -0.3 is 15.2 Å². The predicted molar refractivity (Wildman–Crippen MR) is 92.6 cm³/mol. The summed E-state index contributed by atoms with van der Waals surface area (Å²) in [7, 11) is 0. The molecule has 0 bridgehead atoms. The van der Waals surface area contributed by atoms with E-state index < -0.39 is 5.97 Å². The highest BCUT2D eigenvalue weighted by Gasteiger charge is 2.08. The van der Waals surface area contributed by atoms with Crippen molar-refractivity contribution in [1.29, 1.82) is 0 Å². The molecule has 0 atom stereocenters. The number of ether oxygens (including phenoxy) is 1. The maximum Gasteiger partial charge on any atom is 0.356 e. The molecule has 0 aliphatic heterocycles. The second-order valence-corrected chi connectivity index (χ2v) is 5.36. The lowest BCUT2D eigenvalue weighted by atomic mass is 10.2. The number of benzene rings is 1. The number of carbonyl (C=O) groups excluding carboxylic acids is 1. The van der Waals surface area contributed by atoms with Crippen LogP contribution in [-0.4, -0.2) is 40.0 Å². The van der Waals surface area contributed by atoms with Gasteiger partial charge in [0.25, 0.3) is 0 Å². The number of amides is 1. The maximum atomic E-state index is 11.8. The van der Waals surface area contributed by atoms with Crippen molar-refractivity contribution >= 4 is 11.9 Å². The molecule has 2 aromatic rings.